The molecule has 84 valence electrons. The van der Waals surface area contributed by atoms with E-state index in [4.69, 9.17) is 5.73 Å². The van der Waals surface area contributed by atoms with E-state index in [1.807, 2.05) is 24.0 Å². The summed E-state index contributed by atoms with van der Waals surface area (Å²) in [6.07, 6.45) is 4.86. The third-order valence-corrected chi connectivity index (χ3v) is 1.92. The third kappa shape index (κ3) is 4.49. The number of nitrogens with two attached hydrogens (primary N) is 1. The fourth-order valence-electron chi connectivity index (χ4n) is 1.18. The van der Waals surface area contributed by atoms with Gasteiger partial charge in [-0.05, 0) is 18.9 Å². The summed E-state index contributed by atoms with van der Waals surface area (Å²) in [6.45, 7) is 6.42. The molecule has 0 fully saturated rings. The highest BCUT2D eigenvalue weighted by Gasteiger charge is 1.94. The summed E-state index contributed by atoms with van der Waals surface area (Å²) in [5.74, 6) is 0.515. The van der Waals surface area contributed by atoms with Gasteiger partial charge in [0.1, 0.15) is 0 Å². The average Bonchev–Trinajstić information content (AvgIpc) is 2.61. The number of aryl methyl sites for hydroxylation is 1. The highest BCUT2D eigenvalue weighted by atomic mass is 15.3. The van der Waals surface area contributed by atoms with Crippen molar-refractivity contribution in [2.45, 2.75) is 26.8 Å². The number of aliphatic imine (C=N–C) groups is 1. The van der Waals surface area contributed by atoms with Gasteiger partial charge in [-0.25, -0.2) is 0 Å². The fourth-order valence-corrected chi connectivity index (χ4v) is 1.18. The van der Waals surface area contributed by atoms with Gasteiger partial charge >= 0.3 is 0 Å². The lowest BCUT2D eigenvalue weighted by molar-refractivity contribution is 0.601. The molecule has 3 N–H and O–H groups in total. The lowest BCUT2D eigenvalue weighted by atomic mass is 10.4. The molecule has 1 heterocycles. The van der Waals surface area contributed by atoms with E-state index in [1.165, 1.54) is 5.56 Å². The number of hydrogen-bond donors (Lipinski definition) is 2. The minimum Gasteiger partial charge on any atom is -0.370 e. The van der Waals surface area contributed by atoms with Gasteiger partial charge in [-0.1, -0.05) is 6.92 Å². The summed E-state index contributed by atoms with van der Waals surface area (Å²) in [7, 11) is 0. The molecule has 0 radical (unpaired) electrons. The molecule has 0 aliphatic heterocycles. The van der Waals surface area contributed by atoms with Crippen LogP contribution in [0, 0.1) is 6.92 Å². The summed E-state index contributed by atoms with van der Waals surface area (Å²) in [4.78, 5) is 4.13. The summed E-state index contributed by atoms with van der Waals surface area (Å²) in [5.41, 5.74) is 6.81. The topological polar surface area (TPSA) is 68.2 Å². The van der Waals surface area contributed by atoms with Crippen molar-refractivity contribution in [3.63, 3.8) is 0 Å². The molecule has 0 aliphatic rings. The summed E-state index contributed by atoms with van der Waals surface area (Å²) < 4.78 is 1.88. The lowest BCUT2D eigenvalue weighted by Gasteiger charge is -2.05. The van der Waals surface area contributed by atoms with Crippen molar-refractivity contribution in [1.29, 1.82) is 0 Å². The van der Waals surface area contributed by atoms with Gasteiger partial charge < -0.3 is 11.1 Å². The smallest absolute Gasteiger partial charge is 0.188 e. The maximum absolute atomic E-state index is 5.64. The normalized spacial score (nSPS) is 11.7. The van der Waals surface area contributed by atoms with Crippen LogP contribution in [0.3, 0.4) is 0 Å². The molecule has 1 aromatic heterocycles. The second-order valence-corrected chi connectivity index (χ2v) is 3.47. The van der Waals surface area contributed by atoms with Crippen LogP contribution in [0.1, 0.15) is 18.9 Å². The van der Waals surface area contributed by atoms with Crippen molar-refractivity contribution >= 4 is 5.96 Å². The van der Waals surface area contributed by atoms with Crippen molar-refractivity contribution in [2.24, 2.45) is 10.7 Å². The Hall–Kier alpha value is -1.52. The lowest BCUT2D eigenvalue weighted by Crippen LogP contribution is -2.34. The molecular formula is C10H19N5. The highest BCUT2D eigenvalue weighted by Crippen LogP contribution is 1.92. The van der Waals surface area contributed by atoms with Gasteiger partial charge in [-0.3, -0.25) is 9.67 Å². The van der Waals surface area contributed by atoms with E-state index >= 15 is 0 Å². The van der Waals surface area contributed by atoms with Crippen LogP contribution in [-0.2, 0) is 6.54 Å². The van der Waals surface area contributed by atoms with Crippen molar-refractivity contribution < 1.29 is 0 Å². The molecule has 5 nitrogen and oxygen atoms in total. The van der Waals surface area contributed by atoms with E-state index in [1.54, 1.807) is 0 Å². The first kappa shape index (κ1) is 11.6. The van der Waals surface area contributed by atoms with Gasteiger partial charge in [0.25, 0.3) is 0 Å². The number of hydrogen-bond acceptors (Lipinski definition) is 2. The van der Waals surface area contributed by atoms with E-state index in [0.29, 0.717) is 5.96 Å². The molecule has 0 amide bonds. The van der Waals surface area contributed by atoms with Crippen LogP contribution in [0.2, 0.25) is 0 Å². The Morgan fingerprint density at radius 2 is 2.47 bits per heavy atom. The van der Waals surface area contributed by atoms with Gasteiger partial charge in [0.2, 0.25) is 0 Å². The zero-order valence-electron chi connectivity index (χ0n) is 9.40. The van der Waals surface area contributed by atoms with Crippen LogP contribution in [0.25, 0.3) is 0 Å². The first-order chi connectivity index (χ1) is 7.22. The molecule has 0 atom stereocenters. The predicted molar refractivity (Wildman–Crippen MR) is 61.7 cm³/mol. The number of rotatable bonds is 5. The van der Waals surface area contributed by atoms with Crippen LogP contribution in [0.15, 0.2) is 17.4 Å². The molecule has 0 aliphatic carbocycles. The van der Waals surface area contributed by atoms with Crippen LogP contribution in [-0.4, -0.2) is 28.8 Å². The molecule has 0 unspecified atom stereocenters. The van der Waals surface area contributed by atoms with Crippen molar-refractivity contribution in [1.82, 2.24) is 15.1 Å². The van der Waals surface area contributed by atoms with E-state index in [2.05, 4.69) is 22.3 Å². The Morgan fingerprint density at radius 3 is 3.07 bits per heavy atom. The number of guanidine groups is 1. The molecule has 0 bridgehead atoms. The van der Waals surface area contributed by atoms with Crippen LogP contribution < -0.4 is 11.1 Å². The molecule has 5 heteroatoms. The minimum atomic E-state index is 0.515. The number of aromatic nitrogens is 2. The third-order valence-electron chi connectivity index (χ3n) is 1.92. The molecule has 1 rings (SSSR count). The molecule has 15 heavy (non-hydrogen) atoms. The van der Waals surface area contributed by atoms with E-state index in [-0.39, 0.29) is 0 Å². The van der Waals surface area contributed by atoms with E-state index < -0.39 is 0 Å². The molecule has 1 aromatic rings. The van der Waals surface area contributed by atoms with Gasteiger partial charge in [0, 0.05) is 19.3 Å². The minimum absolute atomic E-state index is 0.515. The summed E-state index contributed by atoms with van der Waals surface area (Å²) in [5, 5.41) is 7.21. The Bertz CT molecular complexity index is 315. The van der Waals surface area contributed by atoms with Gasteiger partial charge in [0.05, 0.1) is 12.7 Å². The standard InChI is InChI=1S/C10H19N5/c1-3-4-12-10(11)13-5-6-15-8-9(2)7-14-15/h7-8H,3-6H2,1-2H3,(H3,11,12,13). The van der Waals surface area contributed by atoms with Gasteiger partial charge in [-0.15, -0.1) is 0 Å². The van der Waals surface area contributed by atoms with Crippen LogP contribution in [0.5, 0.6) is 0 Å². The predicted octanol–water partition coefficient (Wildman–Crippen LogP) is 0.506. The maximum atomic E-state index is 5.64. The molecule has 0 spiro atoms. The van der Waals surface area contributed by atoms with Gasteiger partial charge in [-0.2, -0.15) is 5.10 Å². The second kappa shape index (κ2) is 6.06. The zero-order valence-corrected chi connectivity index (χ0v) is 9.40. The van der Waals surface area contributed by atoms with Crippen molar-refractivity contribution in [2.75, 3.05) is 13.1 Å². The second-order valence-electron chi connectivity index (χ2n) is 3.47. The van der Waals surface area contributed by atoms with E-state index in [9.17, 15) is 0 Å². The summed E-state index contributed by atoms with van der Waals surface area (Å²) in [6, 6.07) is 0. The maximum Gasteiger partial charge on any atom is 0.188 e. The average molecular weight is 209 g/mol. The SMILES string of the molecule is CCCN=C(N)NCCn1cc(C)cn1. The molecular weight excluding hydrogens is 190 g/mol. The molecule has 0 aromatic carbocycles. The van der Waals surface area contributed by atoms with Crippen LogP contribution >= 0.6 is 0 Å². The Balaban J connectivity index is 2.21. The van der Waals surface area contributed by atoms with Crippen molar-refractivity contribution in [3.05, 3.63) is 18.0 Å². The molecule has 0 saturated heterocycles. The summed E-state index contributed by atoms with van der Waals surface area (Å²) >= 11 is 0. The largest absolute Gasteiger partial charge is 0.370 e. The number of nitrogens with one attached hydrogen (secondary N) is 1. The quantitative estimate of drug-likeness (QED) is 0.548. The fraction of sp³-hybridized carbons (Fsp3) is 0.600. The number of nitrogens with zero attached hydrogens (tertiary/aromatic N) is 3. The Morgan fingerprint density at radius 1 is 1.67 bits per heavy atom. The first-order valence-electron chi connectivity index (χ1n) is 5.25. The van der Waals surface area contributed by atoms with Gasteiger partial charge in [0.15, 0.2) is 5.96 Å². The zero-order chi connectivity index (χ0) is 11.1. The highest BCUT2D eigenvalue weighted by molar-refractivity contribution is 5.77. The van der Waals surface area contributed by atoms with E-state index in [0.717, 1.165) is 26.1 Å². The van der Waals surface area contributed by atoms with Crippen LogP contribution in [0.4, 0.5) is 0 Å². The molecule has 0 saturated carbocycles. The Labute approximate surface area is 90.4 Å². The Kier molecular flexibility index (Phi) is 4.66. The van der Waals surface area contributed by atoms with Crippen molar-refractivity contribution in [3.8, 4) is 0 Å². The first-order valence-corrected chi connectivity index (χ1v) is 5.25. The monoisotopic (exact) mass is 209 g/mol.